The molecule has 0 N–H and O–H groups in total. The Kier molecular flexibility index (Phi) is 3.97. The summed E-state index contributed by atoms with van der Waals surface area (Å²) in [6.45, 7) is 9.28. The van der Waals surface area contributed by atoms with E-state index in [-0.39, 0.29) is 0 Å². The summed E-state index contributed by atoms with van der Waals surface area (Å²) in [4.78, 5) is 0. The second-order valence-corrected chi connectivity index (χ2v) is 5.12. The highest BCUT2D eigenvalue weighted by Crippen LogP contribution is 2.40. The first-order chi connectivity index (χ1) is 6.58. The summed E-state index contributed by atoms with van der Waals surface area (Å²) in [6, 6.07) is 0. The lowest BCUT2D eigenvalue weighted by molar-refractivity contribution is 0.376. The zero-order valence-electron chi connectivity index (χ0n) is 10.2. The topological polar surface area (TPSA) is 0 Å². The van der Waals surface area contributed by atoms with Crippen LogP contribution in [0.2, 0.25) is 0 Å². The molecular weight excluding hydrogens is 168 g/mol. The molecule has 0 saturated carbocycles. The van der Waals surface area contributed by atoms with Crippen molar-refractivity contribution in [3.05, 3.63) is 23.3 Å². The van der Waals surface area contributed by atoms with Gasteiger partial charge in [-0.05, 0) is 43.6 Å². The second-order valence-electron chi connectivity index (χ2n) is 5.12. The van der Waals surface area contributed by atoms with Gasteiger partial charge in [0, 0.05) is 0 Å². The Balaban J connectivity index is 2.80. The van der Waals surface area contributed by atoms with E-state index in [4.69, 9.17) is 0 Å². The lowest BCUT2D eigenvalue weighted by Crippen LogP contribution is -2.18. The molecule has 0 heterocycles. The Labute approximate surface area is 89.1 Å². The zero-order valence-corrected chi connectivity index (χ0v) is 10.2. The maximum absolute atomic E-state index is 2.38. The normalized spacial score (nSPS) is 22.0. The summed E-state index contributed by atoms with van der Waals surface area (Å²) >= 11 is 0. The molecule has 0 fully saturated rings. The molecule has 0 aromatic carbocycles. The summed E-state index contributed by atoms with van der Waals surface area (Å²) in [5, 5.41) is 0. The molecule has 1 aliphatic rings. The predicted molar refractivity (Wildman–Crippen MR) is 64.4 cm³/mol. The van der Waals surface area contributed by atoms with Gasteiger partial charge in [-0.2, -0.15) is 0 Å². The number of allylic oxidation sites excluding steroid dienone is 4. The van der Waals surface area contributed by atoms with E-state index in [0.29, 0.717) is 5.41 Å². The van der Waals surface area contributed by atoms with Crippen LogP contribution < -0.4 is 0 Å². The van der Waals surface area contributed by atoms with E-state index in [1.807, 2.05) is 0 Å². The molecule has 0 amide bonds. The van der Waals surface area contributed by atoms with Crippen molar-refractivity contribution in [2.75, 3.05) is 0 Å². The molecule has 1 aliphatic carbocycles. The monoisotopic (exact) mass is 192 g/mol. The van der Waals surface area contributed by atoms with Crippen molar-refractivity contribution in [2.24, 2.45) is 5.41 Å². The minimum Gasteiger partial charge on any atom is -0.0843 e. The molecule has 0 radical (unpaired) electrons. The standard InChI is InChI=1S/C14H24/c1-5-6-7-10-13-12(2)9-8-11-14(13,3)4/h7,10H,5-6,8-9,11H2,1-4H3. The smallest absolute Gasteiger partial charge is 0.0104 e. The molecule has 1 rings (SSSR count). The molecule has 0 unspecified atom stereocenters. The van der Waals surface area contributed by atoms with Crippen molar-refractivity contribution in [2.45, 2.75) is 59.8 Å². The lowest BCUT2D eigenvalue weighted by atomic mass is 9.72. The Morgan fingerprint density at radius 2 is 2.07 bits per heavy atom. The fourth-order valence-corrected chi connectivity index (χ4v) is 2.38. The molecule has 0 bridgehead atoms. The van der Waals surface area contributed by atoms with Gasteiger partial charge in [-0.25, -0.2) is 0 Å². The largest absolute Gasteiger partial charge is 0.0843 e. The summed E-state index contributed by atoms with van der Waals surface area (Å²) in [7, 11) is 0. The first-order valence-electron chi connectivity index (χ1n) is 5.94. The number of hydrogen-bond acceptors (Lipinski definition) is 0. The van der Waals surface area contributed by atoms with Crippen LogP contribution in [0.15, 0.2) is 23.3 Å². The van der Waals surface area contributed by atoms with Crippen LogP contribution in [-0.4, -0.2) is 0 Å². The van der Waals surface area contributed by atoms with Crippen LogP contribution >= 0.6 is 0 Å². The quantitative estimate of drug-likeness (QED) is 0.598. The Hall–Kier alpha value is -0.520. The fourth-order valence-electron chi connectivity index (χ4n) is 2.38. The van der Waals surface area contributed by atoms with Crippen LogP contribution in [0.4, 0.5) is 0 Å². The van der Waals surface area contributed by atoms with E-state index in [9.17, 15) is 0 Å². The summed E-state index contributed by atoms with van der Waals surface area (Å²) in [5.74, 6) is 0. The SMILES string of the molecule is CCCC=CC1=C(C)CCCC1(C)C. The molecule has 0 saturated heterocycles. The van der Waals surface area contributed by atoms with Crippen LogP contribution in [0.5, 0.6) is 0 Å². The minimum atomic E-state index is 0.409. The highest BCUT2D eigenvalue weighted by Gasteiger charge is 2.26. The average molecular weight is 192 g/mol. The summed E-state index contributed by atoms with van der Waals surface area (Å²) in [5.41, 5.74) is 3.61. The van der Waals surface area contributed by atoms with Crippen molar-refractivity contribution >= 4 is 0 Å². The molecule has 0 aromatic heterocycles. The molecule has 0 heteroatoms. The molecule has 0 spiro atoms. The van der Waals surface area contributed by atoms with Gasteiger partial charge >= 0.3 is 0 Å². The number of unbranched alkanes of at least 4 members (excludes halogenated alkanes) is 1. The predicted octanol–water partition coefficient (Wildman–Crippen LogP) is 4.87. The van der Waals surface area contributed by atoms with Gasteiger partial charge in [0.05, 0.1) is 0 Å². The number of hydrogen-bond donors (Lipinski definition) is 0. The van der Waals surface area contributed by atoms with E-state index in [1.165, 1.54) is 32.1 Å². The van der Waals surface area contributed by atoms with E-state index in [1.54, 1.807) is 11.1 Å². The van der Waals surface area contributed by atoms with Gasteiger partial charge in [0.2, 0.25) is 0 Å². The molecule has 80 valence electrons. The van der Waals surface area contributed by atoms with Crippen molar-refractivity contribution in [1.29, 1.82) is 0 Å². The van der Waals surface area contributed by atoms with E-state index in [2.05, 4.69) is 39.8 Å². The van der Waals surface area contributed by atoms with E-state index in [0.717, 1.165) is 0 Å². The fraction of sp³-hybridized carbons (Fsp3) is 0.714. The lowest BCUT2D eigenvalue weighted by Gasteiger charge is -2.32. The zero-order chi connectivity index (χ0) is 10.6. The highest BCUT2D eigenvalue weighted by molar-refractivity contribution is 5.32. The maximum Gasteiger partial charge on any atom is -0.0104 e. The van der Waals surface area contributed by atoms with E-state index < -0.39 is 0 Å². The van der Waals surface area contributed by atoms with Gasteiger partial charge in [-0.15, -0.1) is 0 Å². The summed E-state index contributed by atoms with van der Waals surface area (Å²) in [6.07, 6.45) is 11.2. The van der Waals surface area contributed by atoms with Gasteiger partial charge in [-0.1, -0.05) is 44.9 Å². The van der Waals surface area contributed by atoms with Crippen LogP contribution in [0.25, 0.3) is 0 Å². The Morgan fingerprint density at radius 1 is 1.36 bits per heavy atom. The van der Waals surface area contributed by atoms with Crippen molar-refractivity contribution < 1.29 is 0 Å². The third-order valence-electron chi connectivity index (χ3n) is 3.28. The molecule has 0 aromatic rings. The molecule has 0 aliphatic heterocycles. The van der Waals surface area contributed by atoms with Crippen LogP contribution in [-0.2, 0) is 0 Å². The maximum atomic E-state index is 2.38. The first-order valence-corrected chi connectivity index (χ1v) is 5.94. The average Bonchev–Trinajstić information content (AvgIpc) is 2.09. The van der Waals surface area contributed by atoms with Gasteiger partial charge in [0.25, 0.3) is 0 Å². The van der Waals surface area contributed by atoms with Crippen LogP contribution in [0.3, 0.4) is 0 Å². The third kappa shape index (κ3) is 2.73. The second kappa shape index (κ2) is 4.82. The Bertz CT molecular complexity index is 241. The van der Waals surface area contributed by atoms with Gasteiger partial charge in [0.1, 0.15) is 0 Å². The van der Waals surface area contributed by atoms with Gasteiger partial charge in [0.15, 0.2) is 0 Å². The van der Waals surface area contributed by atoms with Gasteiger partial charge in [-0.3, -0.25) is 0 Å². The summed E-state index contributed by atoms with van der Waals surface area (Å²) < 4.78 is 0. The highest BCUT2D eigenvalue weighted by atomic mass is 14.3. The first kappa shape index (κ1) is 11.6. The molecule has 0 atom stereocenters. The van der Waals surface area contributed by atoms with Crippen LogP contribution in [0, 0.1) is 5.41 Å². The molecular formula is C14H24. The van der Waals surface area contributed by atoms with Crippen molar-refractivity contribution in [3.63, 3.8) is 0 Å². The van der Waals surface area contributed by atoms with Crippen molar-refractivity contribution in [1.82, 2.24) is 0 Å². The Morgan fingerprint density at radius 3 is 2.64 bits per heavy atom. The van der Waals surface area contributed by atoms with Gasteiger partial charge < -0.3 is 0 Å². The molecule has 0 nitrogen and oxygen atoms in total. The molecule has 14 heavy (non-hydrogen) atoms. The third-order valence-corrected chi connectivity index (χ3v) is 3.28. The minimum absolute atomic E-state index is 0.409. The van der Waals surface area contributed by atoms with Crippen LogP contribution in [0.1, 0.15) is 59.8 Å². The number of rotatable bonds is 3. The van der Waals surface area contributed by atoms with E-state index >= 15 is 0 Å². The van der Waals surface area contributed by atoms with Crippen molar-refractivity contribution in [3.8, 4) is 0 Å².